The molecule has 26 heavy (non-hydrogen) atoms. The van der Waals surface area contributed by atoms with Crippen LogP contribution in [0, 0.1) is 0 Å². The molecular weight excluding hydrogens is 368 g/mol. The van der Waals surface area contributed by atoms with Crippen LogP contribution in [0.1, 0.15) is 5.56 Å². The molecule has 0 spiro atoms. The van der Waals surface area contributed by atoms with Gasteiger partial charge in [0, 0.05) is 31.7 Å². The second kappa shape index (κ2) is 5.78. The average molecular weight is 384 g/mol. The minimum atomic E-state index is -3.56. The van der Waals surface area contributed by atoms with E-state index in [9.17, 15) is 8.42 Å². The molecule has 0 saturated carbocycles. The summed E-state index contributed by atoms with van der Waals surface area (Å²) in [5.41, 5.74) is 1.73. The Bertz CT molecular complexity index is 1100. The lowest BCUT2D eigenvalue weighted by molar-refractivity contribution is 0.387. The van der Waals surface area contributed by atoms with Gasteiger partial charge >= 0.3 is 0 Å². The highest BCUT2D eigenvalue weighted by atomic mass is 32.2. The number of fused-ring (bicyclic) bond motifs is 2. The summed E-state index contributed by atoms with van der Waals surface area (Å²) in [5.74, 6) is 0.574. The van der Waals surface area contributed by atoms with Crippen molar-refractivity contribution >= 4 is 42.5 Å². The highest BCUT2D eigenvalue weighted by molar-refractivity contribution is 7.90. The van der Waals surface area contributed by atoms with Crippen molar-refractivity contribution in [3.63, 3.8) is 0 Å². The van der Waals surface area contributed by atoms with Crippen molar-refractivity contribution in [2.24, 2.45) is 4.40 Å². The summed E-state index contributed by atoms with van der Waals surface area (Å²) in [6, 6.07) is 15.2. The standard InChI is InChI=1S/C18H16N4O2S2/c23-26(24)16-8-4-1-5-13(16)17(20-26)21-9-11-22(12-10-21)18-19-14-6-2-3-7-15(14)25-18/h1-8H,9-12H2. The fourth-order valence-electron chi connectivity index (χ4n) is 3.42. The van der Waals surface area contributed by atoms with Gasteiger partial charge in [0.2, 0.25) is 0 Å². The van der Waals surface area contributed by atoms with Gasteiger partial charge in [-0.15, -0.1) is 4.40 Å². The molecule has 1 saturated heterocycles. The molecule has 2 aromatic carbocycles. The first-order valence-electron chi connectivity index (χ1n) is 8.42. The Morgan fingerprint density at radius 2 is 1.58 bits per heavy atom. The van der Waals surface area contributed by atoms with Crippen LogP contribution in [0.15, 0.2) is 57.8 Å². The lowest BCUT2D eigenvalue weighted by Gasteiger charge is -2.35. The molecule has 3 aromatic rings. The van der Waals surface area contributed by atoms with Crippen molar-refractivity contribution < 1.29 is 8.42 Å². The third-order valence-electron chi connectivity index (χ3n) is 4.74. The van der Waals surface area contributed by atoms with Crippen LogP contribution < -0.4 is 4.90 Å². The molecule has 0 bridgehead atoms. The van der Waals surface area contributed by atoms with Gasteiger partial charge in [0.1, 0.15) is 4.90 Å². The monoisotopic (exact) mass is 384 g/mol. The minimum absolute atomic E-state index is 0.309. The predicted octanol–water partition coefficient (Wildman–Crippen LogP) is 2.57. The number of sulfonamides is 1. The topological polar surface area (TPSA) is 65.9 Å². The zero-order valence-corrected chi connectivity index (χ0v) is 15.5. The Morgan fingerprint density at radius 1 is 0.885 bits per heavy atom. The SMILES string of the molecule is O=S1(=O)N=C(N2CCN(c3nc4ccccc4s3)CC2)c2ccccc21. The number of hydrogen-bond donors (Lipinski definition) is 0. The van der Waals surface area contributed by atoms with Crippen LogP contribution in [0.25, 0.3) is 10.2 Å². The summed E-state index contributed by atoms with van der Waals surface area (Å²) in [6.07, 6.45) is 0. The van der Waals surface area contributed by atoms with Crippen LogP contribution in [0.5, 0.6) is 0 Å². The van der Waals surface area contributed by atoms with Crippen molar-refractivity contribution in [2.75, 3.05) is 31.1 Å². The number of amidine groups is 1. The van der Waals surface area contributed by atoms with Gasteiger partial charge in [-0.3, -0.25) is 0 Å². The van der Waals surface area contributed by atoms with E-state index in [1.807, 2.05) is 30.3 Å². The zero-order valence-electron chi connectivity index (χ0n) is 13.9. The molecule has 6 nitrogen and oxygen atoms in total. The van der Waals surface area contributed by atoms with Crippen molar-refractivity contribution in [1.29, 1.82) is 0 Å². The lowest BCUT2D eigenvalue weighted by atomic mass is 10.1. The molecule has 8 heteroatoms. The molecular formula is C18H16N4O2S2. The van der Waals surface area contributed by atoms with Crippen LogP contribution in [-0.2, 0) is 10.0 Å². The number of rotatable bonds is 1. The first-order chi connectivity index (χ1) is 12.6. The van der Waals surface area contributed by atoms with Crippen molar-refractivity contribution in [2.45, 2.75) is 4.90 Å². The van der Waals surface area contributed by atoms with E-state index in [1.165, 1.54) is 4.70 Å². The third-order valence-corrected chi connectivity index (χ3v) is 7.17. The van der Waals surface area contributed by atoms with Gasteiger partial charge in [-0.2, -0.15) is 8.42 Å². The van der Waals surface area contributed by atoms with E-state index in [-0.39, 0.29) is 0 Å². The Hall–Kier alpha value is -2.45. The normalized spacial score (nSPS) is 18.8. The molecule has 1 aromatic heterocycles. The molecule has 1 fully saturated rings. The molecule has 0 unspecified atom stereocenters. The number of aromatic nitrogens is 1. The Balaban J connectivity index is 1.38. The fraction of sp³-hybridized carbons (Fsp3) is 0.222. The molecule has 0 aliphatic carbocycles. The first-order valence-corrected chi connectivity index (χ1v) is 10.7. The van der Waals surface area contributed by atoms with Crippen LogP contribution in [-0.4, -0.2) is 50.3 Å². The van der Waals surface area contributed by atoms with Crippen LogP contribution in [0.3, 0.4) is 0 Å². The van der Waals surface area contributed by atoms with Gasteiger partial charge in [0.15, 0.2) is 11.0 Å². The van der Waals surface area contributed by atoms with Gasteiger partial charge in [0.25, 0.3) is 10.0 Å². The van der Waals surface area contributed by atoms with Crippen LogP contribution in [0.2, 0.25) is 0 Å². The molecule has 0 amide bonds. The second-order valence-corrected chi connectivity index (χ2v) is 8.91. The van der Waals surface area contributed by atoms with Crippen LogP contribution >= 0.6 is 11.3 Å². The molecule has 132 valence electrons. The summed E-state index contributed by atoms with van der Waals surface area (Å²) in [4.78, 5) is 9.35. The first kappa shape index (κ1) is 15.8. The number of hydrogen-bond acceptors (Lipinski definition) is 6. The van der Waals surface area contributed by atoms with E-state index in [0.29, 0.717) is 16.3 Å². The number of piperazine rings is 1. The largest absolute Gasteiger partial charge is 0.352 e. The van der Waals surface area contributed by atoms with Crippen molar-refractivity contribution in [1.82, 2.24) is 9.88 Å². The number of para-hydroxylation sites is 1. The summed E-state index contributed by atoms with van der Waals surface area (Å²) >= 11 is 1.70. The van der Waals surface area contributed by atoms with E-state index < -0.39 is 10.0 Å². The molecule has 0 atom stereocenters. The Morgan fingerprint density at radius 3 is 2.38 bits per heavy atom. The molecule has 0 N–H and O–H groups in total. The van der Waals surface area contributed by atoms with Gasteiger partial charge in [-0.1, -0.05) is 35.6 Å². The minimum Gasteiger partial charge on any atom is -0.352 e. The van der Waals surface area contributed by atoms with E-state index in [2.05, 4.69) is 20.3 Å². The Labute approximate surface area is 155 Å². The quantitative estimate of drug-likeness (QED) is 0.645. The third kappa shape index (κ3) is 2.48. The summed E-state index contributed by atoms with van der Waals surface area (Å²) in [7, 11) is -3.56. The molecule has 2 aliphatic rings. The molecule has 3 heterocycles. The zero-order chi connectivity index (χ0) is 17.7. The maximum absolute atomic E-state index is 12.3. The fourth-order valence-corrected chi connectivity index (χ4v) is 5.67. The summed E-state index contributed by atoms with van der Waals surface area (Å²) in [5, 5.41) is 1.02. The highest BCUT2D eigenvalue weighted by Gasteiger charge is 2.33. The lowest BCUT2D eigenvalue weighted by Crippen LogP contribution is -2.48. The molecule has 2 aliphatic heterocycles. The summed E-state index contributed by atoms with van der Waals surface area (Å²) in [6.45, 7) is 3.03. The smallest absolute Gasteiger partial charge is 0.285 e. The van der Waals surface area contributed by atoms with Crippen molar-refractivity contribution in [3.8, 4) is 0 Å². The average Bonchev–Trinajstić information content (AvgIpc) is 3.21. The van der Waals surface area contributed by atoms with Gasteiger partial charge in [-0.05, 0) is 24.3 Å². The molecule has 0 radical (unpaired) electrons. The van der Waals surface area contributed by atoms with Gasteiger partial charge < -0.3 is 9.80 Å². The van der Waals surface area contributed by atoms with E-state index in [1.54, 1.807) is 23.5 Å². The maximum atomic E-state index is 12.3. The number of anilines is 1. The number of benzene rings is 2. The Kier molecular flexibility index (Phi) is 3.51. The van der Waals surface area contributed by atoms with E-state index in [4.69, 9.17) is 4.98 Å². The van der Waals surface area contributed by atoms with Gasteiger partial charge in [0.05, 0.1) is 10.2 Å². The second-order valence-electron chi connectivity index (χ2n) is 6.32. The van der Waals surface area contributed by atoms with Crippen LogP contribution in [0.4, 0.5) is 5.13 Å². The number of nitrogens with zero attached hydrogens (tertiary/aromatic N) is 4. The highest BCUT2D eigenvalue weighted by Crippen LogP contribution is 2.31. The van der Waals surface area contributed by atoms with E-state index >= 15 is 0 Å². The number of thiazole rings is 1. The predicted molar refractivity (Wildman–Crippen MR) is 104 cm³/mol. The molecule has 5 rings (SSSR count). The summed E-state index contributed by atoms with van der Waals surface area (Å²) < 4.78 is 29.7. The van der Waals surface area contributed by atoms with Gasteiger partial charge in [-0.25, -0.2) is 4.98 Å². The van der Waals surface area contributed by atoms with E-state index in [0.717, 1.165) is 36.8 Å². The maximum Gasteiger partial charge on any atom is 0.285 e. The van der Waals surface area contributed by atoms with Crippen molar-refractivity contribution in [3.05, 3.63) is 54.1 Å².